The van der Waals surface area contributed by atoms with E-state index in [9.17, 15) is 20.0 Å². The van der Waals surface area contributed by atoms with Crippen LogP contribution in [0.2, 0.25) is 0 Å². The van der Waals surface area contributed by atoms with E-state index in [0.717, 1.165) is 0 Å². The van der Waals surface area contributed by atoms with E-state index in [2.05, 4.69) is 0 Å². The minimum absolute atomic E-state index is 0.114. The van der Waals surface area contributed by atoms with Gasteiger partial charge in [0.05, 0.1) is 18.1 Å². The van der Waals surface area contributed by atoms with Crippen LogP contribution in [-0.4, -0.2) is 47.1 Å². The highest BCUT2D eigenvalue weighted by molar-refractivity contribution is 5.95. The molecule has 1 aliphatic rings. The smallest absolute Gasteiger partial charge is 0.311 e. The first-order chi connectivity index (χ1) is 9.02. The van der Waals surface area contributed by atoms with Crippen molar-refractivity contribution in [3.8, 4) is 5.75 Å². The number of carbonyl (C=O) groups excluding carboxylic acids is 1. The summed E-state index contributed by atoms with van der Waals surface area (Å²) in [4.78, 5) is 23.9. The van der Waals surface area contributed by atoms with Gasteiger partial charge in [0.1, 0.15) is 0 Å². The number of hydrogen-bond donors (Lipinski definition) is 1. The first-order valence-electron chi connectivity index (χ1n) is 5.82. The molecule has 0 aromatic heterocycles. The lowest BCUT2D eigenvalue weighted by molar-refractivity contribution is -0.385. The van der Waals surface area contributed by atoms with E-state index in [1.807, 2.05) is 0 Å². The summed E-state index contributed by atoms with van der Waals surface area (Å²) in [6.07, 6.45) is 0.0152. The molecule has 1 atom stereocenters. The lowest BCUT2D eigenvalue weighted by Gasteiger charge is -2.15. The molecule has 1 aliphatic heterocycles. The number of β-amino-alcohol motifs (C(OH)–C–C–N with tert-alkyl or cyclic N) is 1. The highest BCUT2D eigenvalue weighted by atomic mass is 16.6. The largest absolute Gasteiger partial charge is 0.490 e. The van der Waals surface area contributed by atoms with Gasteiger partial charge in [0.25, 0.3) is 5.91 Å². The number of aliphatic hydroxyl groups excluding tert-OH is 1. The number of hydrogen-bond acceptors (Lipinski definition) is 5. The van der Waals surface area contributed by atoms with Crippen molar-refractivity contribution in [3.05, 3.63) is 33.9 Å². The van der Waals surface area contributed by atoms with E-state index in [-0.39, 0.29) is 29.5 Å². The van der Waals surface area contributed by atoms with Gasteiger partial charge in [0, 0.05) is 24.7 Å². The van der Waals surface area contributed by atoms with Gasteiger partial charge in [-0.15, -0.1) is 0 Å². The molecule has 19 heavy (non-hydrogen) atoms. The molecule has 1 saturated heterocycles. The van der Waals surface area contributed by atoms with Crippen LogP contribution in [0.4, 0.5) is 5.69 Å². The van der Waals surface area contributed by atoms with Crippen molar-refractivity contribution in [3.63, 3.8) is 0 Å². The maximum absolute atomic E-state index is 12.1. The van der Waals surface area contributed by atoms with E-state index >= 15 is 0 Å². The molecule has 1 aromatic rings. The first-order valence-corrected chi connectivity index (χ1v) is 5.82. The fraction of sp³-hybridized carbons (Fsp3) is 0.417. The minimum atomic E-state index is -0.589. The summed E-state index contributed by atoms with van der Waals surface area (Å²) in [5.74, 6) is -0.203. The number of aliphatic hydroxyl groups is 1. The zero-order valence-corrected chi connectivity index (χ0v) is 10.4. The molecule has 0 radical (unpaired) electrons. The fourth-order valence-electron chi connectivity index (χ4n) is 2.07. The number of amides is 1. The van der Waals surface area contributed by atoms with Gasteiger partial charge in [-0.1, -0.05) is 0 Å². The van der Waals surface area contributed by atoms with Crippen LogP contribution in [0.25, 0.3) is 0 Å². The molecule has 1 aromatic carbocycles. The molecule has 1 fully saturated rings. The number of methoxy groups -OCH3 is 1. The average molecular weight is 266 g/mol. The Bertz CT molecular complexity index is 517. The molecule has 1 N–H and O–H groups in total. The van der Waals surface area contributed by atoms with Crippen LogP contribution in [0, 0.1) is 10.1 Å². The van der Waals surface area contributed by atoms with Gasteiger partial charge in [0.2, 0.25) is 0 Å². The average Bonchev–Trinajstić information content (AvgIpc) is 2.83. The monoisotopic (exact) mass is 266 g/mol. The molecule has 7 heteroatoms. The number of rotatable bonds is 3. The van der Waals surface area contributed by atoms with E-state index in [0.29, 0.717) is 13.0 Å². The van der Waals surface area contributed by atoms with Crippen molar-refractivity contribution in [2.45, 2.75) is 12.5 Å². The second kappa shape index (κ2) is 5.23. The lowest BCUT2D eigenvalue weighted by atomic mass is 10.1. The van der Waals surface area contributed by atoms with Crippen LogP contribution in [-0.2, 0) is 0 Å². The summed E-state index contributed by atoms with van der Waals surface area (Å²) in [5, 5.41) is 20.3. The third-order valence-corrected chi connectivity index (χ3v) is 3.07. The molecule has 0 unspecified atom stereocenters. The number of likely N-dealkylation sites (tertiary alicyclic amines) is 1. The molecule has 0 saturated carbocycles. The van der Waals surface area contributed by atoms with Crippen molar-refractivity contribution in [2.24, 2.45) is 0 Å². The molecule has 2 rings (SSSR count). The normalized spacial score (nSPS) is 18.4. The maximum Gasteiger partial charge on any atom is 0.311 e. The Morgan fingerprint density at radius 3 is 2.84 bits per heavy atom. The second-order valence-electron chi connectivity index (χ2n) is 4.34. The number of carbonyl (C=O) groups is 1. The molecule has 0 spiro atoms. The Kier molecular flexibility index (Phi) is 3.66. The van der Waals surface area contributed by atoms with Crippen molar-refractivity contribution < 1.29 is 19.6 Å². The van der Waals surface area contributed by atoms with Crippen LogP contribution in [0.5, 0.6) is 5.75 Å². The van der Waals surface area contributed by atoms with Gasteiger partial charge in [-0.05, 0) is 18.6 Å². The summed E-state index contributed by atoms with van der Waals surface area (Å²) in [6.45, 7) is 0.721. The summed E-state index contributed by atoms with van der Waals surface area (Å²) >= 11 is 0. The molecular formula is C12H14N2O5. The molecule has 0 bridgehead atoms. The Hall–Kier alpha value is -2.15. The van der Waals surface area contributed by atoms with Crippen molar-refractivity contribution >= 4 is 11.6 Å². The molecular weight excluding hydrogens is 252 g/mol. The van der Waals surface area contributed by atoms with E-state index < -0.39 is 11.0 Å². The SMILES string of the molecule is COc1ccc(C(=O)N2CC[C@H](O)C2)cc1[N+](=O)[O-]. The number of nitrogens with zero attached hydrogens (tertiary/aromatic N) is 2. The van der Waals surface area contributed by atoms with Gasteiger partial charge in [-0.2, -0.15) is 0 Å². The van der Waals surface area contributed by atoms with E-state index in [1.165, 1.54) is 30.2 Å². The number of nitro groups is 1. The fourth-order valence-corrected chi connectivity index (χ4v) is 2.07. The predicted molar refractivity (Wildman–Crippen MR) is 66.2 cm³/mol. The van der Waals surface area contributed by atoms with Crippen LogP contribution in [0.3, 0.4) is 0 Å². The Labute approximate surface area is 109 Å². The number of nitro benzene ring substituents is 1. The van der Waals surface area contributed by atoms with Crippen LogP contribution < -0.4 is 4.74 Å². The topological polar surface area (TPSA) is 92.9 Å². The summed E-state index contributed by atoms with van der Waals surface area (Å²) in [5.41, 5.74) is -0.0188. The summed E-state index contributed by atoms with van der Waals surface area (Å²) < 4.78 is 4.88. The molecule has 1 amide bonds. The number of benzene rings is 1. The highest BCUT2D eigenvalue weighted by Gasteiger charge is 2.27. The van der Waals surface area contributed by atoms with Crippen molar-refractivity contribution in [1.82, 2.24) is 4.90 Å². The van der Waals surface area contributed by atoms with Crippen LogP contribution >= 0.6 is 0 Å². The summed E-state index contributed by atoms with van der Waals surface area (Å²) in [6, 6.07) is 4.09. The van der Waals surface area contributed by atoms with Gasteiger partial charge < -0.3 is 14.7 Å². The van der Waals surface area contributed by atoms with Crippen LogP contribution in [0.1, 0.15) is 16.8 Å². The zero-order valence-electron chi connectivity index (χ0n) is 10.4. The highest BCUT2D eigenvalue weighted by Crippen LogP contribution is 2.28. The van der Waals surface area contributed by atoms with Gasteiger partial charge in [-0.3, -0.25) is 14.9 Å². The second-order valence-corrected chi connectivity index (χ2v) is 4.34. The minimum Gasteiger partial charge on any atom is -0.490 e. The molecule has 7 nitrogen and oxygen atoms in total. The van der Waals surface area contributed by atoms with Gasteiger partial charge in [0.15, 0.2) is 5.75 Å². The Morgan fingerprint density at radius 2 is 2.32 bits per heavy atom. The molecule has 0 aliphatic carbocycles. The Balaban J connectivity index is 2.28. The van der Waals surface area contributed by atoms with Crippen molar-refractivity contribution in [2.75, 3.05) is 20.2 Å². The molecule has 102 valence electrons. The van der Waals surface area contributed by atoms with Crippen molar-refractivity contribution in [1.29, 1.82) is 0 Å². The third-order valence-electron chi connectivity index (χ3n) is 3.07. The lowest BCUT2D eigenvalue weighted by Crippen LogP contribution is -2.29. The number of ether oxygens (including phenoxy) is 1. The first kappa shape index (κ1) is 13.3. The van der Waals surface area contributed by atoms with Gasteiger partial charge >= 0.3 is 5.69 Å². The summed E-state index contributed by atoms with van der Waals surface area (Å²) in [7, 11) is 1.33. The predicted octanol–water partition coefficient (Wildman–Crippen LogP) is 0.810. The molecule has 1 heterocycles. The van der Waals surface area contributed by atoms with Gasteiger partial charge in [-0.25, -0.2) is 0 Å². The zero-order chi connectivity index (χ0) is 14.0. The van der Waals surface area contributed by atoms with E-state index in [4.69, 9.17) is 4.74 Å². The third kappa shape index (κ3) is 2.65. The maximum atomic E-state index is 12.1. The Morgan fingerprint density at radius 1 is 1.58 bits per heavy atom. The van der Waals surface area contributed by atoms with E-state index in [1.54, 1.807) is 0 Å². The quantitative estimate of drug-likeness (QED) is 0.645. The van der Waals surface area contributed by atoms with Crippen LogP contribution in [0.15, 0.2) is 18.2 Å². The standard InChI is InChI=1S/C12H14N2O5/c1-19-11-3-2-8(6-10(11)14(17)18)12(16)13-5-4-9(15)7-13/h2-3,6,9,15H,4-5,7H2,1H3/t9-/m0/s1.